The normalized spacial score (nSPS) is 28.3. The Hall–Kier alpha value is -1.99. The molecule has 2 aromatic heterocycles. The molecule has 0 spiro atoms. The van der Waals surface area contributed by atoms with Crippen molar-refractivity contribution in [1.29, 1.82) is 0 Å². The SMILES string of the molecule is C[S+](CC(N)C(=O)O)C[C@H]1O[C@@H](n2cnc3c(N)ncnc32)[C@H](O)[C@@H]1O. The number of nitrogens with zero attached hydrogens (tertiary/aromatic N) is 4. The number of nitrogen functional groups attached to an aromatic ring is 1. The van der Waals surface area contributed by atoms with Gasteiger partial charge in [0.05, 0.1) is 12.6 Å². The van der Waals surface area contributed by atoms with Crippen LogP contribution >= 0.6 is 0 Å². The fraction of sp³-hybridized carbons (Fsp3) is 0.571. The Kier molecular flexibility index (Phi) is 5.29. The average molecular weight is 385 g/mol. The second kappa shape index (κ2) is 7.32. The minimum Gasteiger partial charge on any atom is -0.480 e. The molecule has 2 unspecified atom stereocenters. The van der Waals surface area contributed by atoms with Gasteiger partial charge in [-0.2, -0.15) is 0 Å². The lowest BCUT2D eigenvalue weighted by atomic mass is 10.1. The van der Waals surface area contributed by atoms with Gasteiger partial charge in [0, 0.05) is 0 Å². The quantitative estimate of drug-likeness (QED) is 0.339. The van der Waals surface area contributed by atoms with Crippen molar-refractivity contribution in [2.45, 2.75) is 30.6 Å². The molecule has 1 aliphatic rings. The lowest BCUT2D eigenvalue weighted by molar-refractivity contribution is -0.137. The third-order valence-corrected chi connectivity index (χ3v) is 6.05. The number of aliphatic hydroxyl groups excluding tert-OH is 2. The number of carbonyl (C=O) groups is 1. The predicted molar refractivity (Wildman–Crippen MR) is 94.3 cm³/mol. The van der Waals surface area contributed by atoms with Gasteiger partial charge < -0.3 is 31.5 Å². The van der Waals surface area contributed by atoms with E-state index in [4.69, 9.17) is 21.3 Å². The Bertz CT molecular complexity index is 803. The van der Waals surface area contributed by atoms with Crippen molar-refractivity contribution >= 4 is 33.8 Å². The van der Waals surface area contributed by atoms with Crippen LogP contribution in [0, 0.1) is 0 Å². The Balaban J connectivity index is 1.75. The summed E-state index contributed by atoms with van der Waals surface area (Å²) in [6.45, 7) is 0. The highest BCUT2D eigenvalue weighted by Crippen LogP contribution is 2.32. The van der Waals surface area contributed by atoms with Gasteiger partial charge in [0.1, 0.15) is 47.7 Å². The van der Waals surface area contributed by atoms with E-state index in [0.29, 0.717) is 16.9 Å². The molecule has 0 saturated carbocycles. The highest BCUT2D eigenvalue weighted by molar-refractivity contribution is 7.96. The first-order valence-electron chi connectivity index (χ1n) is 7.81. The molecule has 0 amide bonds. The summed E-state index contributed by atoms with van der Waals surface area (Å²) in [6, 6.07) is -0.972. The average Bonchev–Trinajstić information content (AvgIpc) is 3.12. The monoisotopic (exact) mass is 385 g/mol. The van der Waals surface area contributed by atoms with Gasteiger partial charge in [0.25, 0.3) is 0 Å². The molecule has 11 nitrogen and oxygen atoms in total. The maximum atomic E-state index is 10.9. The minimum atomic E-state index is -1.20. The number of carboxylic acids is 1. The first-order chi connectivity index (χ1) is 12.3. The Labute approximate surface area is 151 Å². The summed E-state index contributed by atoms with van der Waals surface area (Å²) in [5.41, 5.74) is 12.1. The van der Waals surface area contributed by atoms with Crippen LogP contribution in [0.2, 0.25) is 0 Å². The summed E-state index contributed by atoms with van der Waals surface area (Å²) in [5.74, 6) is -0.228. The van der Waals surface area contributed by atoms with Crippen LogP contribution in [0.25, 0.3) is 11.2 Å². The molecule has 6 atom stereocenters. The molecule has 3 heterocycles. The van der Waals surface area contributed by atoms with Gasteiger partial charge >= 0.3 is 5.97 Å². The van der Waals surface area contributed by atoms with E-state index in [2.05, 4.69) is 15.0 Å². The molecule has 1 saturated heterocycles. The van der Waals surface area contributed by atoms with Gasteiger partial charge in [-0.15, -0.1) is 0 Å². The molecule has 0 radical (unpaired) electrons. The number of hydrogen-bond donors (Lipinski definition) is 5. The summed E-state index contributed by atoms with van der Waals surface area (Å²) >= 11 is 0. The van der Waals surface area contributed by atoms with Crippen LogP contribution in [0.5, 0.6) is 0 Å². The first-order valence-corrected chi connectivity index (χ1v) is 9.78. The Morgan fingerprint density at radius 1 is 1.38 bits per heavy atom. The van der Waals surface area contributed by atoms with Crippen LogP contribution in [-0.4, -0.2) is 82.9 Å². The van der Waals surface area contributed by atoms with Crippen LogP contribution in [0.15, 0.2) is 12.7 Å². The highest BCUT2D eigenvalue weighted by Gasteiger charge is 2.46. The molecule has 7 N–H and O–H groups in total. The van der Waals surface area contributed by atoms with E-state index in [-0.39, 0.29) is 11.6 Å². The van der Waals surface area contributed by atoms with E-state index in [9.17, 15) is 15.0 Å². The summed E-state index contributed by atoms with van der Waals surface area (Å²) in [7, 11) is -0.411. The second-order valence-corrected chi connectivity index (χ2v) is 8.42. The van der Waals surface area contributed by atoms with Gasteiger partial charge in [-0.3, -0.25) is 9.36 Å². The number of aliphatic hydroxyl groups is 2. The Morgan fingerprint density at radius 3 is 2.81 bits per heavy atom. The molecular formula is C14H21N6O5S+. The van der Waals surface area contributed by atoms with Gasteiger partial charge in [-0.25, -0.2) is 15.0 Å². The fourth-order valence-electron chi connectivity index (χ4n) is 2.88. The number of aromatic nitrogens is 4. The maximum absolute atomic E-state index is 10.9. The van der Waals surface area contributed by atoms with Gasteiger partial charge in [0.2, 0.25) is 0 Å². The zero-order valence-corrected chi connectivity index (χ0v) is 14.8. The summed E-state index contributed by atoms with van der Waals surface area (Å²) in [5, 5.41) is 29.6. The molecule has 12 heteroatoms. The van der Waals surface area contributed by atoms with Crippen molar-refractivity contribution < 1.29 is 24.9 Å². The molecule has 2 aromatic rings. The van der Waals surface area contributed by atoms with Crippen molar-refractivity contribution in [3.8, 4) is 0 Å². The van der Waals surface area contributed by atoms with Crippen molar-refractivity contribution in [1.82, 2.24) is 19.5 Å². The zero-order valence-electron chi connectivity index (χ0n) is 14.0. The first kappa shape index (κ1) is 18.8. The van der Waals surface area contributed by atoms with E-state index in [1.807, 2.05) is 6.26 Å². The summed E-state index contributed by atoms with van der Waals surface area (Å²) < 4.78 is 7.33. The number of fused-ring (bicyclic) bond motifs is 1. The van der Waals surface area contributed by atoms with E-state index < -0.39 is 47.4 Å². The fourth-order valence-corrected chi connectivity index (χ4v) is 4.61. The summed E-state index contributed by atoms with van der Waals surface area (Å²) in [6.07, 6.45) is 0.665. The standard InChI is InChI=1S/C14H20N6O5S/c1-26(2-6(15)14(23)24)3-7-9(21)10(22)13(25-7)20-5-19-8-11(16)17-4-18-12(8)20/h4-7,9-10,13,21-22H,2-3,15H2,1H3,(H2-,16,17,18,23,24)/p+1/t6?,7-,9-,10-,13-,26?/m1/s1. The second-order valence-electron chi connectivity index (χ2n) is 6.19. The lowest BCUT2D eigenvalue weighted by Crippen LogP contribution is -2.41. The lowest BCUT2D eigenvalue weighted by Gasteiger charge is -2.16. The van der Waals surface area contributed by atoms with E-state index in [0.717, 1.165) is 0 Å². The number of ether oxygens (including phenoxy) is 1. The predicted octanol–water partition coefficient (Wildman–Crippen LogP) is -2.31. The minimum absolute atomic E-state index is 0.205. The molecule has 0 aliphatic carbocycles. The molecular weight excluding hydrogens is 364 g/mol. The molecule has 0 bridgehead atoms. The van der Waals surface area contributed by atoms with Crippen LogP contribution in [0.1, 0.15) is 6.23 Å². The molecule has 0 aromatic carbocycles. The molecule has 26 heavy (non-hydrogen) atoms. The number of hydrogen-bond acceptors (Lipinski definition) is 9. The number of aliphatic carboxylic acids is 1. The van der Waals surface area contributed by atoms with E-state index in [1.54, 1.807) is 0 Å². The van der Waals surface area contributed by atoms with Crippen LogP contribution in [0.3, 0.4) is 0 Å². The van der Waals surface area contributed by atoms with Crippen LogP contribution in [0.4, 0.5) is 5.82 Å². The molecule has 3 rings (SSSR count). The maximum Gasteiger partial charge on any atom is 0.325 e. The third kappa shape index (κ3) is 3.46. The van der Waals surface area contributed by atoms with Gasteiger partial charge in [-0.1, -0.05) is 0 Å². The van der Waals surface area contributed by atoms with Gasteiger partial charge in [0.15, 0.2) is 17.7 Å². The smallest absolute Gasteiger partial charge is 0.325 e. The number of nitrogens with two attached hydrogens (primary N) is 2. The Morgan fingerprint density at radius 2 is 2.12 bits per heavy atom. The topological polar surface area (TPSA) is 183 Å². The zero-order chi connectivity index (χ0) is 19.0. The molecule has 1 aliphatic heterocycles. The summed E-state index contributed by atoms with van der Waals surface area (Å²) in [4.78, 5) is 23.0. The van der Waals surface area contributed by atoms with Crippen molar-refractivity contribution in [3.05, 3.63) is 12.7 Å². The number of rotatable bonds is 6. The molecule has 142 valence electrons. The van der Waals surface area contributed by atoms with Crippen molar-refractivity contribution in [3.63, 3.8) is 0 Å². The number of anilines is 1. The van der Waals surface area contributed by atoms with Crippen molar-refractivity contribution in [2.75, 3.05) is 23.5 Å². The number of imidazole rings is 1. The highest BCUT2D eigenvalue weighted by atomic mass is 32.2. The third-order valence-electron chi connectivity index (χ3n) is 4.23. The van der Waals surface area contributed by atoms with Crippen LogP contribution < -0.4 is 11.5 Å². The largest absolute Gasteiger partial charge is 0.480 e. The van der Waals surface area contributed by atoms with E-state index >= 15 is 0 Å². The van der Waals surface area contributed by atoms with Crippen molar-refractivity contribution in [2.24, 2.45) is 5.73 Å². The van der Waals surface area contributed by atoms with E-state index in [1.165, 1.54) is 17.2 Å². The molecule has 1 fully saturated rings. The number of carboxylic acid groups (broad SMARTS) is 1. The van der Waals surface area contributed by atoms with Gasteiger partial charge in [-0.05, 0) is 10.9 Å². The van der Waals surface area contributed by atoms with Crippen LogP contribution in [-0.2, 0) is 20.4 Å².